The monoisotopic (exact) mass is 273 g/mol. The molecule has 0 radical (unpaired) electrons. The zero-order chi connectivity index (χ0) is 14.4. The topological polar surface area (TPSA) is 46.6 Å². The van der Waals surface area contributed by atoms with Gasteiger partial charge in [0.15, 0.2) is 0 Å². The van der Waals surface area contributed by atoms with Crippen LogP contribution in [0.4, 0.5) is 0 Å². The lowest BCUT2D eigenvalue weighted by molar-refractivity contribution is -0.151. The van der Waals surface area contributed by atoms with Crippen LogP contribution in [-0.2, 0) is 14.3 Å². The van der Waals surface area contributed by atoms with Crippen LogP contribution in [0.15, 0.2) is 36.4 Å². The predicted molar refractivity (Wildman–Crippen MR) is 76.8 cm³/mol. The molecule has 1 aliphatic rings. The summed E-state index contributed by atoms with van der Waals surface area (Å²) in [6, 6.07) is 9.19. The highest BCUT2D eigenvalue weighted by Gasteiger charge is 2.33. The Morgan fingerprint density at radius 2 is 2.10 bits per heavy atom. The van der Waals surface area contributed by atoms with Gasteiger partial charge in [0.2, 0.25) is 5.91 Å². The minimum atomic E-state index is -0.428. The Labute approximate surface area is 119 Å². The molecule has 4 heteroatoms. The Bertz CT molecular complexity index is 496. The molecule has 0 aliphatic carbocycles. The molecule has 0 bridgehead atoms. The third-order valence-electron chi connectivity index (χ3n) is 3.31. The van der Waals surface area contributed by atoms with Crippen molar-refractivity contribution < 1.29 is 14.3 Å². The lowest BCUT2D eigenvalue weighted by atomic mass is 10.2. The molecule has 4 nitrogen and oxygen atoms in total. The van der Waals surface area contributed by atoms with Crippen LogP contribution < -0.4 is 0 Å². The smallest absolute Gasteiger partial charge is 0.328 e. The summed E-state index contributed by atoms with van der Waals surface area (Å²) in [4.78, 5) is 25.6. The van der Waals surface area contributed by atoms with E-state index in [-0.39, 0.29) is 11.9 Å². The average molecular weight is 273 g/mol. The van der Waals surface area contributed by atoms with Gasteiger partial charge < -0.3 is 9.64 Å². The summed E-state index contributed by atoms with van der Waals surface area (Å²) in [6.07, 6.45) is 4.81. The van der Waals surface area contributed by atoms with Gasteiger partial charge in [0.1, 0.15) is 6.04 Å². The molecule has 0 aromatic heterocycles. The van der Waals surface area contributed by atoms with E-state index in [0.29, 0.717) is 19.6 Å². The summed E-state index contributed by atoms with van der Waals surface area (Å²) in [7, 11) is 0. The minimum Gasteiger partial charge on any atom is -0.464 e. The maximum atomic E-state index is 12.2. The quantitative estimate of drug-likeness (QED) is 0.624. The second-order valence-electron chi connectivity index (χ2n) is 4.69. The molecule has 0 spiro atoms. The summed E-state index contributed by atoms with van der Waals surface area (Å²) in [6.45, 7) is 2.73. The molecule has 1 unspecified atom stereocenters. The molecule has 0 N–H and O–H groups in total. The van der Waals surface area contributed by atoms with E-state index in [2.05, 4.69) is 0 Å². The summed E-state index contributed by atoms with van der Waals surface area (Å²) < 4.78 is 5.01. The second kappa shape index (κ2) is 6.89. The molecule has 1 fully saturated rings. The third kappa shape index (κ3) is 3.47. The Kier molecular flexibility index (Phi) is 4.93. The van der Waals surface area contributed by atoms with Crippen molar-refractivity contribution in [2.75, 3.05) is 13.2 Å². The number of ether oxygens (including phenoxy) is 1. The first-order valence-electron chi connectivity index (χ1n) is 6.92. The van der Waals surface area contributed by atoms with E-state index in [0.717, 1.165) is 12.0 Å². The fourth-order valence-corrected chi connectivity index (χ4v) is 2.34. The lowest BCUT2D eigenvalue weighted by Crippen LogP contribution is -2.40. The number of rotatable bonds is 4. The van der Waals surface area contributed by atoms with E-state index in [1.54, 1.807) is 17.9 Å². The standard InChI is InChI=1S/C16H19NO3/c1-2-20-16(19)14-9-6-12-17(14)15(18)11-10-13-7-4-3-5-8-13/h3-5,7-8,10-11,14H,2,6,9,12H2,1H3. The van der Waals surface area contributed by atoms with E-state index in [9.17, 15) is 9.59 Å². The van der Waals surface area contributed by atoms with Crippen LogP contribution in [0.2, 0.25) is 0 Å². The number of amides is 1. The Morgan fingerprint density at radius 1 is 1.35 bits per heavy atom. The maximum Gasteiger partial charge on any atom is 0.328 e. The van der Waals surface area contributed by atoms with Crippen molar-refractivity contribution in [1.29, 1.82) is 0 Å². The zero-order valence-corrected chi connectivity index (χ0v) is 11.6. The normalized spacial score (nSPS) is 18.4. The summed E-state index contributed by atoms with van der Waals surface area (Å²) >= 11 is 0. The Morgan fingerprint density at radius 3 is 2.80 bits per heavy atom. The highest BCUT2D eigenvalue weighted by Crippen LogP contribution is 2.19. The van der Waals surface area contributed by atoms with Crippen LogP contribution in [0.3, 0.4) is 0 Å². The minimum absolute atomic E-state index is 0.135. The third-order valence-corrected chi connectivity index (χ3v) is 3.31. The van der Waals surface area contributed by atoms with Crippen LogP contribution in [-0.4, -0.2) is 36.0 Å². The first-order chi connectivity index (χ1) is 9.72. The molecular weight excluding hydrogens is 254 g/mol. The van der Waals surface area contributed by atoms with Gasteiger partial charge in [0.05, 0.1) is 6.61 Å². The molecule has 20 heavy (non-hydrogen) atoms. The molecule has 1 saturated heterocycles. The fraction of sp³-hybridized carbons (Fsp3) is 0.375. The van der Waals surface area contributed by atoms with Gasteiger partial charge in [-0.25, -0.2) is 4.79 Å². The molecule has 1 aromatic rings. The Hall–Kier alpha value is -2.10. The molecule has 1 atom stereocenters. The van der Waals surface area contributed by atoms with Crippen molar-refractivity contribution in [2.24, 2.45) is 0 Å². The molecule has 1 aromatic carbocycles. The van der Waals surface area contributed by atoms with Gasteiger partial charge in [0.25, 0.3) is 0 Å². The number of carbonyl (C=O) groups is 2. The first kappa shape index (κ1) is 14.3. The number of likely N-dealkylation sites (tertiary alicyclic amines) is 1. The number of hydrogen-bond acceptors (Lipinski definition) is 3. The number of esters is 1. The van der Waals surface area contributed by atoms with Crippen molar-refractivity contribution in [3.05, 3.63) is 42.0 Å². The molecule has 106 valence electrons. The summed E-state index contributed by atoms with van der Waals surface area (Å²) in [5, 5.41) is 0. The Balaban J connectivity index is 2.01. The first-order valence-corrected chi connectivity index (χ1v) is 6.92. The number of benzene rings is 1. The van der Waals surface area contributed by atoms with E-state index in [1.165, 1.54) is 6.08 Å². The van der Waals surface area contributed by atoms with Crippen LogP contribution in [0.5, 0.6) is 0 Å². The molecule has 0 saturated carbocycles. The van der Waals surface area contributed by atoms with Gasteiger partial charge in [-0.15, -0.1) is 0 Å². The summed E-state index contributed by atoms with van der Waals surface area (Å²) in [5.74, 6) is -0.434. The lowest BCUT2D eigenvalue weighted by Gasteiger charge is -2.21. The maximum absolute atomic E-state index is 12.2. The van der Waals surface area contributed by atoms with Gasteiger partial charge in [-0.2, -0.15) is 0 Å². The van der Waals surface area contributed by atoms with Crippen LogP contribution in [0, 0.1) is 0 Å². The highest BCUT2D eigenvalue weighted by molar-refractivity contribution is 5.95. The van der Waals surface area contributed by atoms with E-state index < -0.39 is 6.04 Å². The number of carbonyl (C=O) groups excluding carboxylic acids is 2. The van der Waals surface area contributed by atoms with E-state index in [4.69, 9.17) is 4.74 Å². The molecule has 1 aliphatic heterocycles. The molecule has 2 rings (SSSR count). The number of hydrogen-bond donors (Lipinski definition) is 0. The molecular formula is C16H19NO3. The SMILES string of the molecule is CCOC(=O)C1CCCN1C(=O)C=Cc1ccccc1. The van der Waals surface area contributed by atoms with Gasteiger partial charge in [-0.1, -0.05) is 30.3 Å². The zero-order valence-electron chi connectivity index (χ0n) is 11.6. The van der Waals surface area contributed by atoms with E-state index >= 15 is 0 Å². The highest BCUT2D eigenvalue weighted by atomic mass is 16.5. The number of nitrogens with zero attached hydrogens (tertiary/aromatic N) is 1. The van der Waals surface area contributed by atoms with Crippen LogP contribution >= 0.6 is 0 Å². The van der Waals surface area contributed by atoms with Gasteiger partial charge in [0, 0.05) is 12.6 Å². The van der Waals surface area contributed by atoms with Gasteiger partial charge >= 0.3 is 5.97 Å². The van der Waals surface area contributed by atoms with Crippen LogP contribution in [0.25, 0.3) is 6.08 Å². The summed E-state index contributed by atoms with van der Waals surface area (Å²) in [5.41, 5.74) is 0.965. The van der Waals surface area contributed by atoms with Crippen molar-refractivity contribution in [3.8, 4) is 0 Å². The van der Waals surface area contributed by atoms with Crippen LogP contribution in [0.1, 0.15) is 25.3 Å². The van der Waals surface area contributed by atoms with Gasteiger partial charge in [-0.3, -0.25) is 4.79 Å². The second-order valence-corrected chi connectivity index (χ2v) is 4.69. The largest absolute Gasteiger partial charge is 0.464 e. The average Bonchev–Trinajstić information content (AvgIpc) is 2.96. The van der Waals surface area contributed by atoms with E-state index in [1.807, 2.05) is 30.3 Å². The molecule has 1 heterocycles. The van der Waals surface area contributed by atoms with Crippen molar-refractivity contribution in [3.63, 3.8) is 0 Å². The predicted octanol–water partition coefficient (Wildman–Crippen LogP) is 2.25. The van der Waals surface area contributed by atoms with Crippen molar-refractivity contribution in [1.82, 2.24) is 4.90 Å². The molecule has 1 amide bonds. The van der Waals surface area contributed by atoms with Crippen molar-refractivity contribution >= 4 is 18.0 Å². The van der Waals surface area contributed by atoms with Crippen molar-refractivity contribution in [2.45, 2.75) is 25.8 Å². The fourth-order valence-electron chi connectivity index (χ4n) is 2.34. The van der Waals surface area contributed by atoms with Gasteiger partial charge in [-0.05, 0) is 31.4 Å².